The predicted octanol–water partition coefficient (Wildman–Crippen LogP) is 3.07. The summed E-state index contributed by atoms with van der Waals surface area (Å²) in [6.07, 6.45) is 0. The summed E-state index contributed by atoms with van der Waals surface area (Å²) in [5.74, 6) is 0. The summed E-state index contributed by atoms with van der Waals surface area (Å²) >= 11 is 0. The second-order valence-electron chi connectivity index (χ2n) is 4.72. The minimum atomic E-state index is 0.725. The fourth-order valence-corrected chi connectivity index (χ4v) is 2.46. The Morgan fingerprint density at radius 3 is 2.11 bits per heavy atom. The summed E-state index contributed by atoms with van der Waals surface area (Å²) < 4.78 is 0. The van der Waals surface area contributed by atoms with Crippen molar-refractivity contribution >= 4 is 0 Å². The Morgan fingerprint density at radius 1 is 0.944 bits per heavy atom. The molecule has 2 aromatic rings. The van der Waals surface area contributed by atoms with Crippen molar-refractivity contribution in [1.82, 2.24) is 4.90 Å². The third-order valence-corrected chi connectivity index (χ3v) is 3.40. The van der Waals surface area contributed by atoms with Gasteiger partial charge in [-0.1, -0.05) is 36.4 Å². The zero-order valence-electron chi connectivity index (χ0n) is 10.1. The molecule has 0 saturated carbocycles. The molecule has 18 heavy (non-hydrogen) atoms. The molecule has 0 unspecified atom stereocenters. The Hall–Kier alpha value is -2.11. The van der Waals surface area contributed by atoms with Crippen LogP contribution in [-0.4, -0.2) is 4.90 Å². The molecule has 2 heteroatoms. The van der Waals surface area contributed by atoms with Crippen molar-refractivity contribution in [3.63, 3.8) is 0 Å². The molecule has 0 aliphatic carbocycles. The molecule has 2 nitrogen and oxygen atoms in total. The van der Waals surface area contributed by atoms with E-state index in [9.17, 15) is 0 Å². The number of rotatable bonds is 2. The summed E-state index contributed by atoms with van der Waals surface area (Å²) in [7, 11) is 0. The zero-order chi connectivity index (χ0) is 12.4. The van der Waals surface area contributed by atoms with Crippen LogP contribution in [0, 0.1) is 11.3 Å². The standard InChI is InChI=1S/C16H14N2/c17-9-13-5-7-14(8-6-13)10-18-11-15-3-1-2-4-16(15)12-18/h1-8H,10-12H2. The van der Waals surface area contributed by atoms with Crippen molar-refractivity contribution in [3.05, 3.63) is 70.8 Å². The molecule has 0 atom stereocenters. The molecule has 0 amide bonds. The van der Waals surface area contributed by atoms with Gasteiger partial charge < -0.3 is 0 Å². The van der Waals surface area contributed by atoms with Crippen molar-refractivity contribution < 1.29 is 0 Å². The van der Waals surface area contributed by atoms with Crippen LogP contribution < -0.4 is 0 Å². The molecule has 3 rings (SSSR count). The minimum Gasteiger partial charge on any atom is -0.291 e. The van der Waals surface area contributed by atoms with Crippen molar-refractivity contribution in [2.45, 2.75) is 19.6 Å². The molecule has 0 N–H and O–H groups in total. The van der Waals surface area contributed by atoms with Crippen molar-refractivity contribution in [2.24, 2.45) is 0 Å². The van der Waals surface area contributed by atoms with Crippen molar-refractivity contribution in [3.8, 4) is 6.07 Å². The van der Waals surface area contributed by atoms with Crippen molar-refractivity contribution in [1.29, 1.82) is 5.26 Å². The van der Waals surface area contributed by atoms with Gasteiger partial charge in [0.2, 0.25) is 0 Å². The highest BCUT2D eigenvalue weighted by atomic mass is 15.1. The van der Waals surface area contributed by atoms with Crippen LogP contribution in [0.3, 0.4) is 0 Å². The van der Waals surface area contributed by atoms with Crippen LogP contribution in [0.15, 0.2) is 48.5 Å². The Bertz CT molecular complexity index is 568. The van der Waals surface area contributed by atoms with Gasteiger partial charge in [-0.15, -0.1) is 0 Å². The first-order valence-electron chi connectivity index (χ1n) is 6.13. The van der Waals surface area contributed by atoms with Gasteiger partial charge in [-0.3, -0.25) is 4.90 Å². The van der Waals surface area contributed by atoms with Crippen LogP contribution in [0.25, 0.3) is 0 Å². The topological polar surface area (TPSA) is 27.0 Å². The highest BCUT2D eigenvalue weighted by Crippen LogP contribution is 2.23. The van der Waals surface area contributed by atoms with E-state index in [4.69, 9.17) is 5.26 Å². The van der Waals surface area contributed by atoms with Crippen LogP contribution in [0.2, 0.25) is 0 Å². The maximum atomic E-state index is 8.77. The lowest BCUT2D eigenvalue weighted by molar-refractivity contribution is 0.275. The summed E-state index contributed by atoms with van der Waals surface area (Å²) in [6.45, 7) is 2.99. The molecule has 1 aliphatic rings. The largest absolute Gasteiger partial charge is 0.291 e. The highest BCUT2D eigenvalue weighted by molar-refractivity contribution is 5.33. The van der Waals surface area contributed by atoms with E-state index in [2.05, 4.69) is 35.2 Å². The smallest absolute Gasteiger partial charge is 0.0991 e. The Balaban J connectivity index is 1.70. The number of hydrogen-bond acceptors (Lipinski definition) is 2. The quantitative estimate of drug-likeness (QED) is 0.798. The first-order valence-corrected chi connectivity index (χ1v) is 6.13. The molecular formula is C16H14N2. The molecule has 1 aliphatic heterocycles. The van der Waals surface area contributed by atoms with Gasteiger partial charge in [0, 0.05) is 19.6 Å². The van der Waals surface area contributed by atoms with Gasteiger partial charge in [0.25, 0.3) is 0 Å². The average molecular weight is 234 g/mol. The number of nitriles is 1. The molecule has 88 valence electrons. The molecule has 0 fully saturated rings. The third-order valence-electron chi connectivity index (χ3n) is 3.40. The molecule has 2 aromatic carbocycles. The van der Waals surface area contributed by atoms with Crippen LogP contribution in [0.4, 0.5) is 0 Å². The Morgan fingerprint density at radius 2 is 1.56 bits per heavy atom. The molecule has 0 aromatic heterocycles. The minimum absolute atomic E-state index is 0.725. The second kappa shape index (κ2) is 4.64. The fraction of sp³-hybridized carbons (Fsp3) is 0.188. The van der Waals surface area contributed by atoms with Gasteiger partial charge in [0.1, 0.15) is 0 Å². The van der Waals surface area contributed by atoms with Crippen LogP contribution in [0.5, 0.6) is 0 Å². The highest BCUT2D eigenvalue weighted by Gasteiger charge is 2.17. The monoisotopic (exact) mass is 234 g/mol. The van der Waals surface area contributed by atoms with Gasteiger partial charge in [-0.2, -0.15) is 5.26 Å². The first kappa shape index (κ1) is 11.0. The summed E-state index contributed by atoms with van der Waals surface area (Å²) in [4.78, 5) is 2.42. The molecule has 0 bridgehead atoms. The second-order valence-corrected chi connectivity index (χ2v) is 4.72. The van der Waals surface area contributed by atoms with E-state index < -0.39 is 0 Å². The number of nitrogens with zero attached hydrogens (tertiary/aromatic N) is 2. The van der Waals surface area contributed by atoms with Gasteiger partial charge in [0.15, 0.2) is 0 Å². The van der Waals surface area contributed by atoms with E-state index in [0.717, 1.165) is 25.2 Å². The van der Waals surface area contributed by atoms with Gasteiger partial charge in [-0.05, 0) is 28.8 Å². The zero-order valence-corrected chi connectivity index (χ0v) is 10.1. The van der Waals surface area contributed by atoms with E-state index in [1.807, 2.05) is 24.3 Å². The van der Waals surface area contributed by atoms with Gasteiger partial charge >= 0.3 is 0 Å². The molecule has 1 heterocycles. The van der Waals surface area contributed by atoms with E-state index in [0.29, 0.717) is 0 Å². The Labute approximate surface area is 107 Å². The van der Waals surface area contributed by atoms with E-state index in [1.54, 1.807) is 0 Å². The summed E-state index contributed by atoms with van der Waals surface area (Å²) in [5, 5.41) is 8.77. The van der Waals surface area contributed by atoms with E-state index in [1.165, 1.54) is 16.7 Å². The van der Waals surface area contributed by atoms with Crippen molar-refractivity contribution in [2.75, 3.05) is 0 Å². The molecule has 0 radical (unpaired) electrons. The lowest BCUT2D eigenvalue weighted by atomic mass is 10.1. The van der Waals surface area contributed by atoms with Gasteiger partial charge in [0.05, 0.1) is 11.6 Å². The molecule has 0 spiro atoms. The number of hydrogen-bond donors (Lipinski definition) is 0. The van der Waals surface area contributed by atoms with E-state index >= 15 is 0 Å². The lowest BCUT2D eigenvalue weighted by Gasteiger charge is -2.14. The van der Waals surface area contributed by atoms with Gasteiger partial charge in [-0.25, -0.2) is 0 Å². The normalized spacial score (nSPS) is 14.2. The maximum absolute atomic E-state index is 8.77. The average Bonchev–Trinajstić information content (AvgIpc) is 2.82. The number of fused-ring (bicyclic) bond motifs is 1. The first-order chi connectivity index (χ1) is 8.85. The van der Waals surface area contributed by atoms with Crippen LogP contribution in [-0.2, 0) is 19.6 Å². The number of benzene rings is 2. The Kier molecular flexibility index (Phi) is 2.84. The molecule has 0 saturated heterocycles. The van der Waals surface area contributed by atoms with E-state index in [-0.39, 0.29) is 0 Å². The maximum Gasteiger partial charge on any atom is 0.0991 e. The molecular weight excluding hydrogens is 220 g/mol. The third kappa shape index (κ3) is 2.13. The van der Waals surface area contributed by atoms with Crippen LogP contribution in [0.1, 0.15) is 22.3 Å². The SMILES string of the molecule is N#Cc1ccc(CN2Cc3ccccc3C2)cc1. The summed E-state index contributed by atoms with van der Waals surface area (Å²) in [6, 6.07) is 18.6. The van der Waals surface area contributed by atoms with Crippen LogP contribution >= 0.6 is 0 Å². The summed E-state index contributed by atoms with van der Waals surface area (Å²) in [5.41, 5.74) is 4.86. The predicted molar refractivity (Wildman–Crippen MR) is 70.6 cm³/mol. The lowest BCUT2D eigenvalue weighted by Crippen LogP contribution is -2.15. The fourth-order valence-electron chi connectivity index (χ4n) is 2.46.